The van der Waals surface area contributed by atoms with Crippen LogP contribution in [0.15, 0.2) is 24.3 Å². The lowest BCUT2D eigenvalue weighted by Crippen LogP contribution is -2.06. The predicted molar refractivity (Wildman–Crippen MR) is 71.5 cm³/mol. The Bertz CT molecular complexity index is 618. The quantitative estimate of drug-likeness (QED) is 0.872. The van der Waals surface area contributed by atoms with Crippen LogP contribution >= 0.6 is 23.8 Å². The van der Waals surface area contributed by atoms with Crippen LogP contribution in [0.5, 0.6) is 5.75 Å². The zero-order valence-electron chi connectivity index (χ0n) is 9.60. The van der Waals surface area contributed by atoms with Gasteiger partial charge in [0.15, 0.2) is 10.6 Å². The SMILES string of the molecule is S=c1[nH]nc(COc2cccc(Cl)c2)n1C1CC1. The van der Waals surface area contributed by atoms with E-state index in [0.717, 1.165) is 24.4 Å². The van der Waals surface area contributed by atoms with Gasteiger partial charge in [-0.05, 0) is 43.3 Å². The molecule has 0 spiro atoms. The molecule has 0 atom stereocenters. The second-order valence-electron chi connectivity index (χ2n) is 4.29. The molecule has 0 saturated heterocycles. The van der Waals surface area contributed by atoms with E-state index < -0.39 is 0 Å². The van der Waals surface area contributed by atoms with Crippen molar-refractivity contribution in [3.05, 3.63) is 39.9 Å². The van der Waals surface area contributed by atoms with Crippen LogP contribution < -0.4 is 4.74 Å². The maximum atomic E-state index is 5.90. The summed E-state index contributed by atoms with van der Waals surface area (Å²) in [6.45, 7) is 0.393. The molecular weight excluding hydrogens is 270 g/mol. The molecule has 1 aromatic heterocycles. The Labute approximate surface area is 115 Å². The molecule has 1 heterocycles. The number of hydrogen-bond donors (Lipinski definition) is 1. The van der Waals surface area contributed by atoms with Crippen LogP contribution in [0.2, 0.25) is 5.02 Å². The second-order valence-corrected chi connectivity index (χ2v) is 5.12. The van der Waals surface area contributed by atoms with Gasteiger partial charge in [-0.2, -0.15) is 5.10 Å². The number of benzene rings is 1. The molecule has 1 aliphatic rings. The summed E-state index contributed by atoms with van der Waals surface area (Å²) >= 11 is 11.1. The molecule has 0 unspecified atom stereocenters. The fourth-order valence-electron chi connectivity index (χ4n) is 1.85. The third-order valence-electron chi connectivity index (χ3n) is 2.85. The van der Waals surface area contributed by atoms with Gasteiger partial charge in [-0.25, -0.2) is 0 Å². The third-order valence-corrected chi connectivity index (χ3v) is 3.38. The number of ether oxygens (including phenoxy) is 1. The number of rotatable bonds is 4. The van der Waals surface area contributed by atoms with Crippen molar-refractivity contribution in [2.24, 2.45) is 0 Å². The van der Waals surface area contributed by atoms with E-state index >= 15 is 0 Å². The monoisotopic (exact) mass is 281 g/mol. The third kappa shape index (κ3) is 2.42. The lowest BCUT2D eigenvalue weighted by atomic mass is 10.3. The van der Waals surface area contributed by atoms with Gasteiger partial charge in [-0.3, -0.25) is 9.67 Å². The van der Waals surface area contributed by atoms with Gasteiger partial charge in [-0.1, -0.05) is 17.7 Å². The molecule has 6 heteroatoms. The largest absolute Gasteiger partial charge is 0.486 e. The van der Waals surface area contributed by atoms with Crippen molar-refractivity contribution < 1.29 is 4.74 Å². The molecule has 1 aliphatic carbocycles. The molecule has 3 rings (SSSR count). The number of halogens is 1. The van der Waals surface area contributed by atoms with E-state index in [9.17, 15) is 0 Å². The summed E-state index contributed by atoms with van der Waals surface area (Å²) in [5.74, 6) is 1.57. The van der Waals surface area contributed by atoms with E-state index in [-0.39, 0.29) is 0 Å². The first kappa shape index (κ1) is 11.7. The standard InChI is InChI=1S/C12H12ClN3OS/c13-8-2-1-3-10(6-8)17-7-11-14-15-12(18)16(11)9-4-5-9/h1-3,6,9H,4-5,7H2,(H,15,18). The van der Waals surface area contributed by atoms with Crippen LogP contribution in [0.1, 0.15) is 24.7 Å². The predicted octanol–water partition coefficient (Wildman–Crippen LogP) is 3.51. The molecular formula is C12H12ClN3OS. The normalized spacial score (nSPS) is 14.7. The minimum Gasteiger partial charge on any atom is -0.486 e. The van der Waals surface area contributed by atoms with E-state index in [0.29, 0.717) is 22.4 Å². The van der Waals surface area contributed by atoms with E-state index in [4.69, 9.17) is 28.6 Å². The molecule has 1 N–H and O–H groups in total. The van der Waals surface area contributed by atoms with E-state index in [1.807, 2.05) is 22.8 Å². The van der Waals surface area contributed by atoms with Gasteiger partial charge in [-0.15, -0.1) is 0 Å². The van der Waals surface area contributed by atoms with Gasteiger partial charge in [0.05, 0.1) is 0 Å². The maximum absolute atomic E-state index is 5.90. The Morgan fingerprint density at radius 3 is 3.06 bits per heavy atom. The number of nitrogens with zero attached hydrogens (tertiary/aromatic N) is 2. The molecule has 1 fully saturated rings. The first-order valence-electron chi connectivity index (χ1n) is 5.78. The number of hydrogen-bond acceptors (Lipinski definition) is 3. The average molecular weight is 282 g/mol. The zero-order chi connectivity index (χ0) is 12.5. The van der Waals surface area contributed by atoms with Crippen LogP contribution in [0.4, 0.5) is 0 Å². The molecule has 4 nitrogen and oxygen atoms in total. The Balaban J connectivity index is 1.75. The molecule has 94 valence electrons. The molecule has 1 aromatic carbocycles. The van der Waals surface area contributed by atoms with Gasteiger partial charge in [0.1, 0.15) is 12.4 Å². The highest BCUT2D eigenvalue weighted by atomic mass is 35.5. The van der Waals surface area contributed by atoms with Crippen LogP contribution in [-0.2, 0) is 6.61 Å². The average Bonchev–Trinajstić information content (AvgIpc) is 3.11. The Morgan fingerprint density at radius 1 is 1.50 bits per heavy atom. The Hall–Kier alpha value is -1.33. The van der Waals surface area contributed by atoms with Crippen molar-refractivity contribution >= 4 is 23.8 Å². The van der Waals surface area contributed by atoms with Crippen molar-refractivity contribution in [2.75, 3.05) is 0 Å². The smallest absolute Gasteiger partial charge is 0.195 e. The van der Waals surface area contributed by atoms with Gasteiger partial charge in [0.2, 0.25) is 0 Å². The lowest BCUT2D eigenvalue weighted by Gasteiger charge is -2.07. The molecule has 18 heavy (non-hydrogen) atoms. The number of nitrogens with one attached hydrogen (secondary N) is 1. The van der Waals surface area contributed by atoms with Gasteiger partial charge < -0.3 is 4.74 Å². The molecule has 0 amide bonds. The fourth-order valence-corrected chi connectivity index (χ4v) is 2.33. The van der Waals surface area contributed by atoms with E-state index in [2.05, 4.69) is 10.2 Å². The number of aromatic amines is 1. The highest BCUT2D eigenvalue weighted by Crippen LogP contribution is 2.35. The van der Waals surface area contributed by atoms with Crippen molar-refractivity contribution in [3.8, 4) is 5.75 Å². The molecule has 2 aromatic rings. The Morgan fingerprint density at radius 2 is 2.33 bits per heavy atom. The van der Waals surface area contributed by atoms with Gasteiger partial charge in [0, 0.05) is 11.1 Å². The van der Waals surface area contributed by atoms with Crippen molar-refractivity contribution in [2.45, 2.75) is 25.5 Å². The first-order chi connectivity index (χ1) is 8.74. The molecule has 1 saturated carbocycles. The number of aromatic nitrogens is 3. The van der Waals surface area contributed by atoms with Gasteiger partial charge >= 0.3 is 0 Å². The molecule has 0 aliphatic heterocycles. The van der Waals surface area contributed by atoms with Crippen LogP contribution in [0.3, 0.4) is 0 Å². The molecule has 0 bridgehead atoms. The fraction of sp³-hybridized carbons (Fsp3) is 0.333. The Kier molecular flexibility index (Phi) is 3.09. The summed E-state index contributed by atoms with van der Waals surface area (Å²) in [5, 5.41) is 7.68. The van der Waals surface area contributed by atoms with Crippen LogP contribution in [-0.4, -0.2) is 14.8 Å². The summed E-state index contributed by atoms with van der Waals surface area (Å²) in [5.41, 5.74) is 0. The second kappa shape index (κ2) is 4.74. The van der Waals surface area contributed by atoms with Crippen LogP contribution in [0.25, 0.3) is 0 Å². The van der Waals surface area contributed by atoms with Crippen molar-refractivity contribution in [1.82, 2.24) is 14.8 Å². The van der Waals surface area contributed by atoms with Gasteiger partial charge in [0.25, 0.3) is 0 Å². The van der Waals surface area contributed by atoms with E-state index in [1.54, 1.807) is 6.07 Å². The summed E-state index contributed by atoms with van der Waals surface area (Å²) < 4.78 is 8.38. The van der Waals surface area contributed by atoms with Crippen molar-refractivity contribution in [3.63, 3.8) is 0 Å². The molecule has 0 radical (unpaired) electrons. The minimum atomic E-state index is 0.393. The summed E-state index contributed by atoms with van der Waals surface area (Å²) in [4.78, 5) is 0. The summed E-state index contributed by atoms with van der Waals surface area (Å²) in [7, 11) is 0. The zero-order valence-corrected chi connectivity index (χ0v) is 11.2. The summed E-state index contributed by atoms with van der Waals surface area (Å²) in [6.07, 6.45) is 2.33. The maximum Gasteiger partial charge on any atom is 0.195 e. The topological polar surface area (TPSA) is 42.8 Å². The van der Waals surface area contributed by atoms with Crippen LogP contribution in [0, 0.1) is 4.77 Å². The highest BCUT2D eigenvalue weighted by Gasteiger charge is 2.27. The first-order valence-corrected chi connectivity index (χ1v) is 6.57. The van der Waals surface area contributed by atoms with Crippen molar-refractivity contribution in [1.29, 1.82) is 0 Å². The highest BCUT2D eigenvalue weighted by molar-refractivity contribution is 7.71. The summed E-state index contributed by atoms with van der Waals surface area (Å²) in [6, 6.07) is 7.82. The van der Waals surface area contributed by atoms with E-state index in [1.165, 1.54) is 0 Å². The lowest BCUT2D eigenvalue weighted by molar-refractivity contribution is 0.288. The minimum absolute atomic E-state index is 0.393. The number of H-pyrrole nitrogens is 1.